The molecule has 6 aromatic rings. The van der Waals surface area contributed by atoms with Gasteiger partial charge in [-0.3, -0.25) is 0 Å². The average Bonchev–Trinajstić information content (AvgIpc) is 3.05. The van der Waals surface area contributed by atoms with Crippen LogP contribution in [0.1, 0.15) is 35.4 Å². The van der Waals surface area contributed by atoms with Gasteiger partial charge in [0.15, 0.2) is 25.5 Å². The van der Waals surface area contributed by atoms with Crippen LogP contribution in [0.5, 0.6) is 0 Å². The molecule has 0 saturated heterocycles. The fourth-order valence-corrected chi connectivity index (χ4v) is 5.00. The SMILES string of the molecule is C(#CCC[n+]1ccc2ccccc2c1C#Cc1ccccc1)CC[n+]1ccc2ccccc2c1C#Cc1ccccc1. The first-order chi connectivity index (χ1) is 20.8. The number of pyridine rings is 2. The van der Waals surface area contributed by atoms with Crippen LogP contribution in [0.3, 0.4) is 0 Å². The highest BCUT2D eigenvalue weighted by atomic mass is 15.0. The molecule has 0 atom stereocenters. The van der Waals surface area contributed by atoms with Gasteiger partial charge in [-0.15, -0.1) is 0 Å². The van der Waals surface area contributed by atoms with Crippen molar-refractivity contribution in [3.05, 3.63) is 156 Å². The smallest absolute Gasteiger partial charge is 0.190 e. The molecular weight excluding hydrogens is 508 g/mol. The molecule has 2 heterocycles. The standard InChI is InChI=1S/C40H30N2/c1(13-29-41-31-27-35-19-9-11-21-37(35)39(41)25-23-33-15-5-3-6-16-33)2-14-30-42-32-28-36-20-10-12-22-38(36)40(42)26-24-34-17-7-4-8-18-34/h3-12,15-22,27-28,31-32H,13-14,29-30H2/q+2. The van der Waals surface area contributed by atoms with Gasteiger partial charge >= 0.3 is 0 Å². The molecule has 0 bridgehead atoms. The molecule has 0 aliphatic rings. The molecule has 2 heteroatoms. The molecule has 0 fully saturated rings. The molecule has 0 saturated carbocycles. The minimum absolute atomic E-state index is 0.756. The highest BCUT2D eigenvalue weighted by molar-refractivity contribution is 5.86. The summed E-state index contributed by atoms with van der Waals surface area (Å²) in [6.07, 6.45) is 5.77. The average molecular weight is 539 g/mol. The molecule has 42 heavy (non-hydrogen) atoms. The molecule has 0 unspecified atom stereocenters. The van der Waals surface area contributed by atoms with E-state index in [1.54, 1.807) is 0 Å². The summed E-state index contributed by atoms with van der Waals surface area (Å²) in [7, 11) is 0. The Bertz CT molecular complexity index is 1890. The van der Waals surface area contributed by atoms with E-state index in [0.717, 1.165) is 59.2 Å². The maximum absolute atomic E-state index is 3.44. The monoisotopic (exact) mass is 538 g/mol. The zero-order chi connectivity index (χ0) is 28.4. The summed E-state index contributed by atoms with van der Waals surface area (Å²) in [5, 5.41) is 4.70. The second kappa shape index (κ2) is 13.2. The summed E-state index contributed by atoms with van der Waals surface area (Å²) in [6.45, 7) is 1.57. The Balaban J connectivity index is 1.18. The predicted molar refractivity (Wildman–Crippen MR) is 170 cm³/mol. The molecule has 0 N–H and O–H groups in total. The number of aromatic nitrogens is 2. The lowest BCUT2D eigenvalue weighted by atomic mass is 10.1. The van der Waals surface area contributed by atoms with E-state index in [1.807, 2.05) is 60.7 Å². The van der Waals surface area contributed by atoms with Crippen LogP contribution >= 0.6 is 0 Å². The predicted octanol–water partition coefficient (Wildman–Crippen LogP) is 6.85. The van der Waals surface area contributed by atoms with Crippen LogP contribution < -0.4 is 9.13 Å². The van der Waals surface area contributed by atoms with Crippen molar-refractivity contribution >= 4 is 21.5 Å². The summed E-state index contributed by atoms with van der Waals surface area (Å²) in [5.74, 6) is 20.4. The van der Waals surface area contributed by atoms with Crippen LogP contribution in [0.2, 0.25) is 0 Å². The summed E-state index contributed by atoms with van der Waals surface area (Å²) < 4.78 is 4.45. The van der Waals surface area contributed by atoms with Crippen molar-refractivity contribution in [2.24, 2.45) is 0 Å². The quantitative estimate of drug-likeness (QED) is 0.171. The lowest BCUT2D eigenvalue weighted by Crippen LogP contribution is -2.37. The summed E-state index contributed by atoms with van der Waals surface area (Å²) in [6, 6.07) is 41.4. The van der Waals surface area contributed by atoms with Crippen LogP contribution in [0.4, 0.5) is 0 Å². The summed E-state index contributed by atoms with van der Waals surface area (Å²) in [4.78, 5) is 0. The fourth-order valence-electron chi connectivity index (χ4n) is 5.00. The van der Waals surface area contributed by atoms with E-state index in [1.165, 1.54) is 10.8 Å². The van der Waals surface area contributed by atoms with Gasteiger partial charge in [0.1, 0.15) is 0 Å². The number of benzene rings is 4. The third-order valence-electron chi connectivity index (χ3n) is 7.15. The van der Waals surface area contributed by atoms with Gasteiger partial charge in [0.2, 0.25) is 0 Å². The topological polar surface area (TPSA) is 7.76 Å². The maximum atomic E-state index is 3.44. The third-order valence-corrected chi connectivity index (χ3v) is 7.15. The largest absolute Gasteiger partial charge is 0.265 e. The lowest BCUT2D eigenvalue weighted by Gasteiger charge is -2.02. The number of fused-ring (bicyclic) bond motifs is 2. The van der Waals surface area contributed by atoms with Crippen LogP contribution in [0.15, 0.2) is 134 Å². The van der Waals surface area contributed by atoms with Gasteiger partial charge in [-0.25, -0.2) is 0 Å². The summed E-state index contributed by atoms with van der Waals surface area (Å²) >= 11 is 0. The van der Waals surface area contributed by atoms with Crippen molar-refractivity contribution in [3.63, 3.8) is 0 Å². The number of rotatable bonds is 4. The molecule has 0 radical (unpaired) electrons. The number of nitrogens with zero attached hydrogens (tertiary/aromatic N) is 2. The number of hydrogen-bond donors (Lipinski definition) is 0. The van der Waals surface area contributed by atoms with E-state index >= 15 is 0 Å². The molecule has 2 aromatic heterocycles. The van der Waals surface area contributed by atoms with E-state index < -0.39 is 0 Å². The van der Waals surface area contributed by atoms with E-state index in [9.17, 15) is 0 Å². The number of aryl methyl sites for hydroxylation is 2. The van der Waals surface area contributed by atoms with Gasteiger partial charge in [0.05, 0.1) is 23.6 Å². The van der Waals surface area contributed by atoms with Crippen molar-refractivity contribution in [2.75, 3.05) is 0 Å². The second-order valence-corrected chi connectivity index (χ2v) is 9.98. The Kier molecular flexibility index (Phi) is 8.33. The van der Waals surface area contributed by atoms with Crippen LogP contribution in [0, 0.1) is 35.5 Å². The normalized spacial score (nSPS) is 10.2. The molecule has 4 aromatic carbocycles. The van der Waals surface area contributed by atoms with Gasteiger partial charge in [0, 0.05) is 35.1 Å². The Morgan fingerprint density at radius 1 is 0.405 bits per heavy atom. The minimum atomic E-state index is 0.756. The molecule has 6 rings (SSSR count). The second-order valence-electron chi connectivity index (χ2n) is 9.98. The molecule has 198 valence electrons. The Morgan fingerprint density at radius 2 is 0.810 bits per heavy atom. The molecular formula is C40H30N2+2. The zero-order valence-electron chi connectivity index (χ0n) is 23.4. The maximum Gasteiger partial charge on any atom is 0.265 e. The minimum Gasteiger partial charge on any atom is -0.190 e. The first-order valence-corrected chi connectivity index (χ1v) is 14.3. The zero-order valence-corrected chi connectivity index (χ0v) is 23.4. The lowest BCUT2D eigenvalue weighted by molar-refractivity contribution is -0.697. The highest BCUT2D eigenvalue weighted by Gasteiger charge is 2.14. The summed E-state index contributed by atoms with van der Waals surface area (Å²) in [5.41, 5.74) is 4.06. The van der Waals surface area contributed by atoms with Crippen LogP contribution in [0.25, 0.3) is 21.5 Å². The Hall–Kier alpha value is -5.62. The highest BCUT2D eigenvalue weighted by Crippen LogP contribution is 2.16. The molecule has 0 aliphatic carbocycles. The van der Waals surface area contributed by atoms with E-state index in [4.69, 9.17) is 0 Å². The first-order valence-electron chi connectivity index (χ1n) is 14.3. The van der Waals surface area contributed by atoms with Crippen molar-refractivity contribution < 1.29 is 9.13 Å². The molecule has 0 spiro atoms. The van der Waals surface area contributed by atoms with Crippen molar-refractivity contribution in [1.82, 2.24) is 0 Å². The van der Waals surface area contributed by atoms with E-state index in [-0.39, 0.29) is 0 Å². The van der Waals surface area contributed by atoms with Crippen molar-refractivity contribution in [2.45, 2.75) is 25.9 Å². The van der Waals surface area contributed by atoms with Gasteiger partial charge in [-0.2, -0.15) is 9.13 Å². The Labute approximate surface area is 247 Å². The molecule has 0 aliphatic heterocycles. The fraction of sp³-hybridized carbons (Fsp3) is 0.100. The Morgan fingerprint density at radius 3 is 1.26 bits per heavy atom. The van der Waals surface area contributed by atoms with Gasteiger partial charge in [0.25, 0.3) is 11.4 Å². The molecule has 2 nitrogen and oxygen atoms in total. The first kappa shape index (κ1) is 26.6. The number of hydrogen-bond acceptors (Lipinski definition) is 0. The van der Waals surface area contributed by atoms with E-state index in [0.29, 0.717) is 0 Å². The van der Waals surface area contributed by atoms with Crippen molar-refractivity contribution in [3.8, 4) is 35.5 Å². The van der Waals surface area contributed by atoms with E-state index in [2.05, 4.69) is 118 Å². The third kappa shape index (κ3) is 6.40. The van der Waals surface area contributed by atoms with Gasteiger partial charge in [-0.1, -0.05) is 96.5 Å². The van der Waals surface area contributed by atoms with Crippen LogP contribution in [-0.2, 0) is 13.1 Å². The van der Waals surface area contributed by atoms with Gasteiger partial charge < -0.3 is 0 Å². The van der Waals surface area contributed by atoms with Crippen LogP contribution in [-0.4, -0.2) is 0 Å². The molecule has 0 amide bonds. The van der Waals surface area contributed by atoms with Crippen molar-refractivity contribution in [1.29, 1.82) is 0 Å². The van der Waals surface area contributed by atoms with Gasteiger partial charge in [-0.05, 0) is 47.2 Å².